The highest BCUT2D eigenvalue weighted by molar-refractivity contribution is 6.30. The van der Waals surface area contributed by atoms with Crippen LogP contribution in [0.4, 0.5) is 5.69 Å². The monoisotopic (exact) mass is 474 g/mol. The van der Waals surface area contributed by atoms with Crippen LogP contribution in [-0.4, -0.2) is 46.5 Å². The third-order valence-electron chi connectivity index (χ3n) is 6.17. The van der Waals surface area contributed by atoms with Gasteiger partial charge in [-0.3, -0.25) is 14.2 Å². The largest absolute Gasteiger partial charge is 0.368 e. The predicted octanol–water partition coefficient (Wildman–Crippen LogP) is 3.35. The van der Waals surface area contributed by atoms with Crippen molar-refractivity contribution in [2.75, 3.05) is 31.1 Å². The number of halogens is 1. The molecule has 0 spiro atoms. The second kappa shape index (κ2) is 9.19. The SMILES string of the molecule is O=C(c1ccc(Cn2c(=O)[nH]c3ccccc3c2=O)cc1)N1CCN(c2cccc(Cl)c2)CC1. The van der Waals surface area contributed by atoms with Crippen molar-refractivity contribution in [2.24, 2.45) is 0 Å². The number of benzene rings is 3. The lowest BCUT2D eigenvalue weighted by Gasteiger charge is -2.36. The first-order valence-corrected chi connectivity index (χ1v) is 11.5. The zero-order chi connectivity index (χ0) is 23.7. The Morgan fingerprint density at radius 2 is 1.62 bits per heavy atom. The van der Waals surface area contributed by atoms with Gasteiger partial charge in [0.25, 0.3) is 11.5 Å². The summed E-state index contributed by atoms with van der Waals surface area (Å²) in [4.78, 5) is 45.0. The number of fused-ring (bicyclic) bond motifs is 1. The summed E-state index contributed by atoms with van der Waals surface area (Å²) >= 11 is 6.10. The minimum Gasteiger partial charge on any atom is -0.368 e. The van der Waals surface area contributed by atoms with E-state index in [1.807, 2.05) is 29.2 Å². The Bertz CT molecular complexity index is 1470. The van der Waals surface area contributed by atoms with Gasteiger partial charge >= 0.3 is 5.69 Å². The van der Waals surface area contributed by atoms with E-state index in [0.29, 0.717) is 34.6 Å². The minimum absolute atomic E-state index is 0.0296. The van der Waals surface area contributed by atoms with Gasteiger partial charge in [-0.25, -0.2) is 4.79 Å². The van der Waals surface area contributed by atoms with E-state index in [4.69, 9.17) is 11.6 Å². The number of hydrogen-bond donors (Lipinski definition) is 1. The molecule has 1 N–H and O–H groups in total. The molecule has 34 heavy (non-hydrogen) atoms. The molecule has 0 radical (unpaired) electrons. The third-order valence-corrected chi connectivity index (χ3v) is 6.41. The molecule has 0 bridgehead atoms. The van der Waals surface area contributed by atoms with E-state index < -0.39 is 5.69 Å². The topological polar surface area (TPSA) is 78.4 Å². The molecular formula is C26H23ClN4O3. The van der Waals surface area contributed by atoms with Crippen molar-refractivity contribution in [3.8, 4) is 0 Å². The molecule has 3 aromatic carbocycles. The molecule has 8 heteroatoms. The van der Waals surface area contributed by atoms with Crippen LogP contribution in [0.1, 0.15) is 15.9 Å². The maximum atomic E-state index is 13.0. The van der Waals surface area contributed by atoms with Crippen LogP contribution in [0.5, 0.6) is 0 Å². The second-order valence-corrected chi connectivity index (χ2v) is 8.76. The van der Waals surface area contributed by atoms with Crippen molar-refractivity contribution in [1.82, 2.24) is 14.5 Å². The summed E-state index contributed by atoms with van der Waals surface area (Å²) < 4.78 is 1.17. The fourth-order valence-electron chi connectivity index (χ4n) is 4.30. The Balaban J connectivity index is 1.27. The normalized spacial score (nSPS) is 13.9. The van der Waals surface area contributed by atoms with Crippen molar-refractivity contribution >= 4 is 34.1 Å². The standard InChI is InChI=1S/C26H23ClN4O3/c27-20-4-3-5-21(16-20)29-12-14-30(15-13-29)24(32)19-10-8-18(9-11-19)17-31-25(33)22-6-1-2-7-23(22)28-26(31)34/h1-11,16H,12-15,17H2,(H,28,34). The van der Waals surface area contributed by atoms with Crippen LogP contribution in [0.3, 0.4) is 0 Å². The Kier molecular flexibility index (Phi) is 5.94. The first-order valence-electron chi connectivity index (χ1n) is 11.1. The quantitative estimate of drug-likeness (QED) is 0.492. The van der Waals surface area contributed by atoms with Crippen LogP contribution in [0.15, 0.2) is 82.4 Å². The summed E-state index contributed by atoms with van der Waals surface area (Å²) in [5.41, 5.74) is 2.14. The lowest BCUT2D eigenvalue weighted by Crippen LogP contribution is -2.48. The Labute approximate surface area is 200 Å². The van der Waals surface area contributed by atoms with Gasteiger partial charge in [-0.05, 0) is 48.0 Å². The molecular weight excluding hydrogens is 452 g/mol. The number of amides is 1. The van der Waals surface area contributed by atoms with Crippen molar-refractivity contribution in [2.45, 2.75) is 6.54 Å². The number of aromatic amines is 1. The summed E-state index contributed by atoms with van der Waals surface area (Å²) in [5.74, 6) is -0.0296. The van der Waals surface area contributed by atoms with E-state index in [9.17, 15) is 14.4 Å². The van der Waals surface area contributed by atoms with Gasteiger partial charge in [-0.15, -0.1) is 0 Å². The maximum absolute atomic E-state index is 13.0. The number of H-pyrrole nitrogens is 1. The van der Waals surface area contributed by atoms with Gasteiger partial charge in [0, 0.05) is 42.5 Å². The first-order chi connectivity index (χ1) is 16.5. The van der Waals surface area contributed by atoms with Crippen LogP contribution in [0, 0.1) is 0 Å². The van der Waals surface area contributed by atoms with Crippen molar-refractivity contribution in [3.63, 3.8) is 0 Å². The highest BCUT2D eigenvalue weighted by Crippen LogP contribution is 2.21. The van der Waals surface area contributed by atoms with E-state index in [2.05, 4.69) is 9.88 Å². The van der Waals surface area contributed by atoms with Crippen LogP contribution in [0.2, 0.25) is 5.02 Å². The van der Waals surface area contributed by atoms with Crippen LogP contribution in [-0.2, 0) is 6.54 Å². The first kappa shape index (κ1) is 22.0. The number of nitrogens with zero attached hydrogens (tertiary/aromatic N) is 3. The molecule has 1 amide bonds. The summed E-state index contributed by atoms with van der Waals surface area (Å²) in [6, 6.07) is 21.7. The van der Waals surface area contributed by atoms with Gasteiger partial charge in [0.15, 0.2) is 0 Å². The van der Waals surface area contributed by atoms with Crippen LogP contribution >= 0.6 is 11.6 Å². The number of aromatic nitrogens is 2. The average molecular weight is 475 g/mol. The van der Waals surface area contributed by atoms with Gasteiger partial charge in [0.2, 0.25) is 0 Å². The smallest absolute Gasteiger partial charge is 0.329 e. The molecule has 0 saturated carbocycles. The summed E-state index contributed by atoms with van der Waals surface area (Å²) in [6.45, 7) is 2.84. The molecule has 172 valence electrons. The molecule has 7 nitrogen and oxygen atoms in total. The number of piperazine rings is 1. The van der Waals surface area contributed by atoms with Crippen molar-refractivity contribution in [3.05, 3.63) is 110 Å². The minimum atomic E-state index is -0.457. The third kappa shape index (κ3) is 4.34. The predicted molar refractivity (Wildman–Crippen MR) is 134 cm³/mol. The molecule has 1 aliphatic heterocycles. The van der Waals surface area contributed by atoms with Gasteiger partial charge in [0.1, 0.15) is 0 Å². The molecule has 0 unspecified atom stereocenters. The Hall–Kier alpha value is -3.84. The fourth-order valence-corrected chi connectivity index (χ4v) is 4.49. The van der Waals surface area contributed by atoms with E-state index in [-0.39, 0.29) is 18.0 Å². The van der Waals surface area contributed by atoms with E-state index in [1.165, 1.54) is 4.57 Å². The number of hydrogen-bond acceptors (Lipinski definition) is 4. The molecule has 1 fully saturated rings. The maximum Gasteiger partial charge on any atom is 0.329 e. The Morgan fingerprint density at radius 1 is 0.882 bits per heavy atom. The lowest BCUT2D eigenvalue weighted by molar-refractivity contribution is 0.0747. The lowest BCUT2D eigenvalue weighted by atomic mass is 10.1. The molecule has 0 atom stereocenters. The molecule has 1 aliphatic rings. The van der Waals surface area contributed by atoms with Crippen molar-refractivity contribution in [1.29, 1.82) is 0 Å². The van der Waals surface area contributed by atoms with Gasteiger partial charge < -0.3 is 14.8 Å². The summed E-state index contributed by atoms with van der Waals surface area (Å²) in [5, 5.41) is 1.16. The van der Waals surface area contributed by atoms with Gasteiger partial charge in [-0.1, -0.05) is 41.9 Å². The number of nitrogens with one attached hydrogen (secondary N) is 1. The number of anilines is 1. The summed E-state index contributed by atoms with van der Waals surface area (Å²) in [7, 11) is 0. The summed E-state index contributed by atoms with van der Waals surface area (Å²) in [6.07, 6.45) is 0. The number of carbonyl (C=O) groups excluding carboxylic acids is 1. The van der Waals surface area contributed by atoms with E-state index in [1.54, 1.807) is 48.5 Å². The highest BCUT2D eigenvalue weighted by Gasteiger charge is 2.22. The van der Waals surface area contributed by atoms with Gasteiger partial charge in [0.05, 0.1) is 17.4 Å². The van der Waals surface area contributed by atoms with E-state index in [0.717, 1.165) is 24.3 Å². The van der Waals surface area contributed by atoms with Crippen LogP contribution in [0.25, 0.3) is 10.9 Å². The van der Waals surface area contributed by atoms with Crippen LogP contribution < -0.4 is 16.1 Å². The second-order valence-electron chi connectivity index (χ2n) is 8.32. The zero-order valence-electron chi connectivity index (χ0n) is 18.4. The highest BCUT2D eigenvalue weighted by atomic mass is 35.5. The van der Waals surface area contributed by atoms with E-state index >= 15 is 0 Å². The molecule has 1 saturated heterocycles. The molecule has 1 aromatic heterocycles. The Morgan fingerprint density at radius 3 is 2.35 bits per heavy atom. The van der Waals surface area contributed by atoms with Crippen molar-refractivity contribution < 1.29 is 4.79 Å². The molecule has 2 heterocycles. The number of rotatable bonds is 4. The average Bonchev–Trinajstić information content (AvgIpc) is 2.87. The zero-order valence-corrected chi connectivity index (χ0v) is 19.2. The van der Waals surface area contributed by atoms with Gasteiger partial charge in [-0.2, -0.15) is 0 Å². The molecule has 0 aliphatic carbocycles. The number of para-hydroxylation sites is 1. The fraction of sp³-hybridized carbons (Fsp3) is 0.192. The molecule has 5 rings (SSSR count). The molecule has 4 aromatic rings. The number of carbonyl (C=O) groups is 1.